The van der Waals surface area contributed by atoms with Crippen LogP contribution in [0.15, 0.2) is 30.3 Å². The predicted octanol–water partition coefficient (Wildman–Crippen LogP) is 2.19. The van der Waals surface area contributed by atoms with Crippen molar-refractivity contribution in [2.45, 2.75) is 25.8 Å². The van der Waals surface area contributed by atoms with E-state index < -0.39 is 0 Å². The van der Waals surface area contributed by atoms with Crippen molar-refractivity contribution in [1.82, 2.24) is 25.3 Å². The summed E-state index contributed by atoms with van der Waals surface area (Å²) >= 11 is 1.67. The van der Waals surface area contributed by atoms with Gasteiger partial charge < -0.3 is 10.2 Å². The van der Waals surface area contributed by atoms with E-state index in [2.05, 4.69) is 42.5 Å². The minimum atomic E-state index is -0.181. The van der Waals surface area contributed by atoms with Gasteiger partial charge in [-0.2, -0.15) is 0 Å². The quantitative estimate of drug-likeness (QED) is 0.776. The van der Waals surface area contributed by atoms with Crippen molar-refractivity contribution in [3.05, 3.63) is 41.6 Å². The maximum atomic E-state index is 12.3. The van der Waals surface area contributed by atoms with Gasteiger partial charge in [-0.15, -0.1) is 11.3 Å². The number of aromatic nitrogens is 4. The van der Waals surface area contributed by atoms with Crippen molar-refractivity contribution in [3.63, 3.8) is 0 Å². The van der Waals surface area contributed by atoms with Gasteiger partial charge in [0.2, 0.25) is 0 Å². The first-order valence-corrected chi connectivity index (χ1v) is 9.11. The van der Waals surface area contributed by atoms with Crippen LogP contribution in [0.5, 0.6) is 0 Å². The Morgan fingerprint density at radius 1 is 1.32 bits per heavy atom. The Labute approximate surface area is 149 Å². The summed E-state index contributed by atoms with van der Waals surface area (Å²) in [5.74, 6) is 0.779. The number of aryl methyl sites for hydroxylation is 1. The van der Waals surface area contributed by atoms with E-state index in [1.165, 1.54) is 18.0 Å². The number of anilines is 1. The molecule has 0 bridgehead atoms. The zero-order valence-electron chi connectivity index (χ0n) is 13.8. The van der Waals surface area contributed by atoms with Crippen LogP contribution in [0.1, 0.15) is 28.9 Å². The molecule has 1 fully saturated rings. The third-order valence-electron chi connectivity index (χ3n) is 4.36. The third kappa shape index (κ3) is 3.17. The highest BCUT2D eigenvalue weighted by Gasteiger charge is 2.25. The van der Waals surface area contributed by atoms with Gasteiger partial charge in [-0.05, 0) is 30.7 Å². The zero-order valence-corrected chi connectivity index (χ0v) is 14.7. The number of fused-ring (bicyclic) bond motifs is 1. The summed E-state index contributed by atoms with van der Waals surface area (Å²) in [7, 11) is 0. The lowest BCUT2D eigenvalue weighted by Gasteiger charge is -2.34. The topological polar surface area (TPSA) is 83.9 Å². The zero-order chi connectivity index (χ0) is 17.2. The van der Waals surface area contributed by atoms with Gasteiger partial charge in [0.15, 0.2) is 0 Å². The standard InChI is InChI=1S/C17H18N6OS/c1-11-9-25-15-14(11)20-10-21-16(15)23-6-2-3-12(8-23)22-17(24)13-7-18-4-5-19-13/h4-5,7,9-10,12H,2-3,6,8H2,1H3,(H,22,24). The molecule has 128 valence electrons. The van der Waals surface area contributed by atoms with Crippen LogP contribution in [0.25, 0.3) is 10.2 Å². The summed E-state index contributed by atoms with van der Waals surface area (Å²) < 4.78 is 1.11. The third-order valence-corrected chi connectivity index (χ3v) is 5.45. The number of nitrogens with one attached hydrogen (secondary N) is 1. The average molecular weight is 354 g/mol. The van der Waals surface area contributed by atoms with Crippen LogP contribution < -0.4 is 10.2 Å². The first-order valence-electron chi connectivity index (χ1n) is 8.23. The molecule has 0 saturated carbocycles. The summed E-state index contributed by atoms with van der Waals surface area (Å²) in [5.41, 5.74) is 2.53. The summed E-state index contributed by atoms with van der Waals surface area (Å²) in [4.78, 5) is 31.5. The summed E-state index contributed by atoms with van der Waals surface area (Å²) in [6.07, 6.45) is 8.14. The Hall–Kier alpha value is -2.61. The van der Waals surface area contributed by atoms with Crippen molar-refractivity contribution in [3.8, 4) is 0 Å². The molecule has 3 aromatic heterocycles. The first-order chi connectivity index (χ1) is 12.2. The van der Waals surface area contributed by atoms with Crippen LogP contribution in [0.4, 0.5) is 5.82 Å². The monoisotopic (exact) mass is 354 g/mol. The lowest BCUT2D eigenvalue weighted by molar-refractivity contribution is 0.0927. The van der Waals surface area contributed by atoms with Crippen LogP contribution in [-0.4, -0.2) is 45.0 Å². The maximum absolute atomic E-state index is 12.3. The van der Waals surface area contributed by atoms with E-state index in [9.17, 15) is 4.79 Å². The molecule has 0 aliphatic carbocycles. The van der Waals surface area contributed by atoms with Crippen LogP contribution in [0.3, 0.4) is 0 Å². The number of carbonyl (C=O) groups is 1. The van der Waals surface area contributed by atoms with Crippen LogP contribution in [0.2, 0.25) is 0 Å². The predicted molar refractivity (Wildman–Crippen MR) is 96.9 cm³/mol. The molecule has 1 atom stereocenters. The largest absolute Gasteiger partial charge is 0.353 e. The molecule has 1 saturated heterocycles. The van der Waals surface area contributed by atoms with E-state index in [0.29, 0.717) is 5.69 Å². The molecule has 1 unspecified atom stereocenters. The van der Waals surface area contributed by atoms with Crippen molar-refractivity contribution >= 4 is 33.3 Å². The smallest absolute Gasteiger partial charge is 0.271 e. The molecule has 3 aromatic rings. The number of hydrogen-bond donors (Lipinski definition) is 1. The fourth-order valence-corrected chi connectivity index (χ4v) is 4.16. The van der Waals surface area contributed by atoms with Gasteiger partial charge in [0, 0.05) is 31.5 Å². The Morgan fingerprint density at radius 3 is 3.08 bits per heavy atom. The molecular weight excluding hydrogens is 336 g/mol. The number of hydrogen-bond acceptors (Lipinski definition) is 7. The highest BCUT2D eigenvalue weighted by atomic mass is 32.1. The van der Waals surface area contributed by atoms with Crippen molar-refractivity contribution in [2.24, 2.45) is 0 Å². The van der Waals surface area contributed by atoms with Gasteiger partial charge in [0.1, 0.15) is 17.8 Å². The van der Waals surface area contributed by atoms with Crippen LogP contribution in [0, 0.1) is 6.92 Å². The van der Waals surface area contributed by atoms with Gasteiger partial charge in [-0.3, -0.25) is 9.78 Å². The summed E-state index contributed by atoms with van der Waals surface area (Å²) in [6.45, 7) is 3.73. The minimum absolute atomic E-state index is 0.0642. The molecule has 1 N–H and O–H groups in total. The second kappa shape index (κ2) is 6.72. The molecule has 1 aliphatic rings. The molecule has 1 aliphatic heterocycles. The van der Waals surface area contributed by atoms with Crippen LogP contribution >= 0.6 is 11.3 Å². The summed E-state index contributed by atoms with van der Waals surface area (Å²) in [6, 6.07) is 0.0642. The molecule has 4 rings (SSSR count). The van der Waals surface area contributed by atoms with E-state index in [0.717, 1.165) is 42.0 Å². The number of rotatable bonds is 3. The number of carbonyl (C=O) groups excluding carboxylic acids is 1. The molecule has 0 aromatic carbocycles. The number of thiophene rings is 1. The molecule has 25 heavy (non-hydrogen) atoms. The molecule has 7 nitrogen and oxygen atoms in total. The fraction of sp³-hybridized carbons (Fsp3) is 0.353. The lowest BCUT2D eigenvalue weighted by Crippen LogP contribution is -2.48. The Bertz CT molecular complexity index is 897. The highest BCUT2D eigenvalue weighted by Crippen LogP contribution is 2.32. The van der Waals surface area contributed by atoms with Gasteiger partial charge in [-0.25, -0.2) is 15.0 Å². The highest BCUT2D eigenvalue weighted by molar-refractivity contribution is 7.18. The maximum Gasteiger partial charge on any atom is 0.271 e. The fourth-order valence-electron chi connectivity index (χ4n) is 3.15. The molecular formula is C17H18N6OS. The van der Waals surface area contributed by atoms with E-state index in [4.69, 9.17) is 0 Å². The minimum Gasteiger partial charge on any atom is -0.353 e. The first kappa shape index (κ1) is 15.9. The van der Waals surface area contributed by atoms with Crippen molar-refractivity contribution in [1.29, 1.82) is 0 Å². The Balaban J connectivity index is 1.52. The van der Waals surface area contributed by atoms with Gasteiger partial charge >= 0.3 is 0 Å². The number of amides is 1. The van der Waals surface area contributed by atoms with E-state index in [1.807, 2.05) is 0 Å². The van der Waals surface area contributed by atoms with Gasteiger partial charge in [0.25, 0.3) is 5.91 Å². The van der Waals surface area contributed by atoms with E-state index in [-0.39, 0.29) is 11.9 Å². The number of nitrogens with zero attached hydrogens (tertiary/aromatic N) is 5. The lowest BCUT2D eigenvalue weighted by atomic mass is 10.1. The number of piperidine rings is 1. The van der Waals surface area contributed by atoms with E-state index in [1.54, 1.807) is 23.9 Å². The average Bonchev–Trinajstić information content (AvgIpc) is 3.04. The van der Waals surface area contributed by atoms with Crippen molar-refractivity contribution < 1.29 is 4.79 Å². The van der Waals surface area contributed by atoms with Crippen LogP contribution in [-0.2, 0) is 0 Å². The molecule has 4 heterocycles. The normalized spacial score (nSPS) is 17.6. The Kier molecular flexibility index (Phi) is 4.27. The molecule has 0 radical (unpaired) electrons. The SMILES string of the molecule is Cc1csc2c(N3CCCC(NC(=O)c4cnccn4)C3)ncnc12. The molecule has 8 heteroatoms. The molecule has 0 spiro atoms. The second-order valence-corrected chi connectivity index (χ2v) is 7.02. The Morgan fingerprint density at radius 2 is 2.24 bits per heavy atom. The van der Waals surface area contributed by atoms with Crippen molar-refractivity contribution in [2.75, 3.05) is 18.0 Å². The summed E-state index contributed by atoms with van der Waals surface area (Å²) in [5, 5.41) is 5.18. The van der Waals surface area contributed by atoms with Gasteiger partial charge in [0.05, 0.1) is 16.4 Å². The van der Waals surface area contributed by atoms with Gasteiger partial charge in [-0.1, -0.05) is 0 Å². The van der Waals surface area contributed by atoms with E-state index >= 15 is 0 Å². The second-order valence-electron chi connectivity index (χ2n) is 6.14. The molecule has 1 amide bonds.